The van der Waals surface area contributed by atoms with Gasteiger partial charge in [-0.1, -0.05) is 12.1 Å². The van der Waals surface area contributed by atoms with Gasteiger partial charge in [0.2, 0.25) is 0 Å². The molecule has 4 saturated carbocycles. The Morgan fingerprint density at radius 3 is 2.15 bits per heavy atom. The molecule has 0 saturated heterocycles. The van der Waals surface area contributed by atoms with E-state index < -0.39 is 11.9 Å². The molecule has 1 aromatic carbocycles. The van der Waals surface area contributed by atoms with Crippen molar-refractivity contribution in [2.45, 2.75) is 38.5 Å². The summed E-state index contributed by atoms with van der Waals surface area (Å²) in [6.07, 6.45) is 6.66. The first-order valence-corrected chi connectivity index (χ1v) is 9.66. The van der Waals surface area contributed by atoms with E-state index in [1.807, 2.05) is 0 Å². The Bertz CT molecular complexity index is 736. The molecule has 2 N–H and O–H groups in total. The summed E-state index contributed by atoms with van der Waals surface area (Å²) in [5.74, 6) is 1.06. The molecule has 0 aliphatic heterocycles. The molecular weight excluding hydrogens is 346 g/mol. The number of rotatable bonds is 7. The zero-order valence-corrected chi connectivity index (χ0v) is 15.3. The Hall–Kier alpha value is -2.37. The third-order valence-electron chi connectivity index (χ3n) is 6.49. The van der Waals surface area contributed by atoms with Gasteiger partial charge in [0.15, 0.2) is 19.0 Å². The monoisotopic (exact) mass is 371 g/mol. The lowest BCUT2D eigenvalue weighted by Crippen LogP contribution is -2.51. The number of para-hydroxylation sites is 1. The SMILES string of the molecule is NC(=O)c1ccccc1OCC(=O)OCC(=O)C12CC3CC(CC(C3)C1)C2. The van der Waals surface area contributed by atoms with E-state index in [4.69, 9.17) is 15.2 Å². The summed E-state index contributed by atoms with van der Waals surface area (Å²) in [5.41, 5.74) is 5.22. The molecule has 4 bridgehead atoms. The van der Waals surface area contributed by atoms with Crippen molar-refractivity contribution in [3.63, 3.8) is 0 Å². The average Bonchev–Trinajstić information content (AvgIpc) is 2.63. The molecule has 0 heterocycles. The summed E-state index contributed by atoms with van der Waals surface area (Å²) in [7, 11) is 0. The molecule has 6 nitrogen and oxygen atoms in total. The van der Waals surface area contributed by atoms with E-state index in [0.29, 0.717) is 17.8 Å². The number of nitrogens with two attached hydrogens (primary N) is 1. The number of carbonyl (C=O) groups excluding carboxylic acids is 3. The summed E-state index contributed by atoms with van der Waals surface area (Å²) in [4.78, 5) is 36.2. The van der Waals surface area contributed by atoms with Gasteiger partial charge in [0.05, 0.1) is 5.56 Å². The van der Waals surface area contributed by atoms with Gasteiger partial charge in [-0.15, -0.1) is 0 Å². The lowest BCUT2D eigenvalue weighted by Gasteiger charge is -2.55. The van der Waals surface area contributed by atoms with Crippen LogP contribution in [0.3, 0.4) is 0 Å². The molecule has 1 aromatic rings. The number of ketones is 1. The summed E-state index contributed by atoms with van der Waals surface area (Å²) in [6, 6.07) is 6.44. The first kappa shape index (κ1) is 18.0. The summed E-state index contributed by atoms with van der Waals surface area (Å²) < 4.78 is 10.5. The fourth-order valence-electron chi connectivity index (χ4n) is 5.73. The van der Waals surface area contributed by atoms with Crippen LogP contribution >= 0.6 is 0 Å². The maximum atomic E-state index is 12.8. The van der Waals surface area contributed by atoms with E-state index >= 15 is 0 Å². The quantitative estimate of drug-likeness (QED) is 0.743. The van der Waals surface area contributed by atoms with Gasteiger partial charge in [-0.2, -0.15) is 0 Å². The summed E-state index contributed by atoms with van der Waals surface area (Å²) >= 11 is 0. The van der Waals surface area contributed by atoms with Gasteiger partial charge >= 0.3 is 5.97 Å². The molecule has 4 aliphatic rings. The van der Waals surface area contributed by atoms with Crippen LogP contribution in [0.15, 0.2) is 24.3 Å². The van der Waals surface area contributed by atoms with Crippen LogP contribution in [0, 0.1) is 23.2 Å². The Morgan fingerprint density at radius 1 is 0.963 bits per heavy atom. The first-order valence-electron chi connectivity index (χ1n) is 9.66. The highest BCUT2D eigenvalue weighted by molar-refractivity contribution is 5.95. The van der Waals surface area contributed by atoms with Crippen molar-refractivity contribution in [1.29, 1.82) is 0 Å². The molecule has 6 heteroatoms. The Balaban J connectivity index is 1.30. The van der Waals surface area contributed by atoms with Crippen LogP contribution in [0.1, 0.15) is 48.9 Å². The van der Waals surface area contributed by atoms with Gasteiger partial charge in [-0.3, -0.25) is 9.59 Å². The highest BCUT2D eigenvalue weighted by atomic mass is 16.6. The van der Waals surface area contributed by atoms with Crippen molar-refractivity contribution in [1.82, 2.24) is 0 Å². The van der Waals surface area contributed by atoms with Gasteiger partial charge in [0, 0.05) is 5.41 Å². The van der Waals surface area contributed by atoms with Crippen LogP contribution in [0.25, 0.3) is 0 Å². The standard InChI is InChI=1S/C21H25NO5/c22-20(25)16-3-1-2-4-17(16)26-12-19(24)27-11-18(23)21-8-13-5-14(9-21)7-15(6-13)10-21/h1-4,13-15H,5-12H2,(H2,22,25). The maximum absolute atomic E-state index is 12.8. The molecule has 27 heavy (non-hydrogen) atoms. The Morgan fingerprint density at radius 2 is 1.56 bits per heavy atom. The van der Waals surface area contributed by atoms with Crippen molar-refractivity contribution in [3.05, 3.63) is 29.8 Å². The van der Waals surface area contributed by atoms with Crippen LogP contribution in [-0.4, -0.2) is 30.9 Å². The average molecular weight is 371 g/mol. The minimum atomic E-state index is -0.629. The van der Waals surface area contributed by atoms with Gasteiger partial charge < -0.3 is 15.2 Å². The molecule has 0 atom stereocenters. The highest BCUT2D eigenvalue weighted by Gasteiger charge is 2.54. The number of carbonyl (C=O) groups is 3. The highest BCUT2D eigenvalue weighted by Crippen LogP contribution is 2.60. The molecule has 5 rings (SSSR count). The zero-order valence-electron chi connectivity index (χ0n) is 15.3. The molecule has 0 aromatic heterocycles. The van der Waals surface area contributed by atoms with E-state index in [-0.39, 0.29) is 35.7 Å². The molecule has 4 fully saturated rings. The van der Waals surface area contributed by atoms with Gasteiger partial charge in [-0.05, 0) is 68.4 Å². The van der Waals surface area contributed by atoms with Crippen LogP contribution in [0.4, 0.5) is 0 Å². The van der Waals surface area contributed by atoms with Crippen LogP contribution in [-0.2, 0) is 14.3 Å². The summed E-state index contributed by atoms with van der Waals surface area (Å²) in [5, 5.41) is 0. The van der Waals surface area contributed by atoms with Crippen molar-refractivity contribution in [2.75, 3.05) is 13.2 Å². The molecule has 144 valence electrons. The third kappa shape index (κ3) is 3.57. The second kappa shape index (κ2) is 6.98. The number of amides is 1. The van der Waals surface area contributed by atoms with Crippen LogP contribution in [0.2, 0.25) is 0 Å². The largest absolute Gasteiger partial charge is 0.481 e. The van der Waals surface area contributed by atoms with Crippen molar-refractivity contribution in [2.24, 2.45) is 28.9 Å². The second-order valence-electron chi connectivity index (χ2n) is 8.43. The summed E-state index contributed by atoms with van der Waals surface area (Å²) in [6.45, 7) is -0.551. The zero-order chi connectivity index (χ0) is 19.0. The molecule has 4 aliphatic carbocycles. The number of ether oxygens (including phenoxy) is 2. The number of primary amides is 1. The minimum absolute atomic E-state index is 0.0625. The molecule has 1 amide bonds. The molecule has 0 radical (unpaired) electrons. The van der Waals surface area contributed by atoms with E-state index in [0.717, 1.165) is 19.3 Å². The Labute approximate surface area is 158 Å². The smallest absolute Gasteiger partial charge is 0.344 e. The fourth-order valence-corrected chi connectivity index (χ4v) is 5.73. The molecule has 0 unspecified atom stereocenters. The van der Waals surface area contributed by atoms with Crippen molar-refractivity contribution >= 4 is 17.7 Å². The lowest BCUT2D eigenvalue weighted by molar-refractivity contribution is -0.158. The molecule has 0 spiro atoms. The normalized spacial score (nSPS) is 30.7. The van der Waals surface area contributed by atoms with Crippen molar-refractivity contribution in [3.8, 4) is 5.75 Å². The van der Waals surface area contributed by atoms with Crippen LogP contribution in [0.5, 0.6) is 5.75 Å². The second-order valence-corrected chi connectivity index (χ2v) is 8.43. The molecular formula is C21H25NO5. The first-order chi connectivity index (χ1) is 12.9. The van der Waals surface area contributed by atoms with Gasteiger partial charge in [0.25, 0.3) is 5.91 Å². The minimum Gasteiger partial charge on any atom is -0.481 e. The van der Waals surface area contributed by atoms with Crippen molar-refractivity contribution < 1.29 is 23.9 Å². The predicted octanol–water partition coefficient (Wildman–Crippen LogP) is 2.49. The van der Waals surface area contributed by atoms with E-state index in [2.05, 4.69) is 0 Å². The fraction of sp³-hybridized carbons (Fsp3) is 0.571. The third-order valence-corrected chi connectivity index (χ3v) is 6.49. The van der Waals surface area contributed by atoms with E-state index in [1.54, 1.807) is 18.2 Å². The van der Waals surface area contributed by atoms with Gasteiger partial charge in [-0.25, -0.2) is 4.79 Å². The predicted molar refractivity (Wildman–Crippen MR) is 97.0 cm³/mol. The van der Waals surface area contributed by atoms with E-state index in [1.165, 1.54) is 25.3 Å². The van der Waals surface area contributed by atoms with Gasteiger partial charge in [0.1, 0.15) is 5.75 Å². The lowest BCUT2D eigenvalue weighted by atomic mass is 9.48. The Kier molecular flexibility index (Phi) is 4.66. The van der Waals surface area contributed by atoms with Crippen LogP contribution < -0.4 is 10.5 Å². The number of esters is 1. The number of Topliss-reactive ketones (excluding diaryl/α,β-unsaturated/α-hetero) is 1. The maximum Gasteiger partial charge on any atom is 0.344 e. The number of benzene rings is 1. The number of hydrogen-bond donors (Lipinski definition) is 1. The topological polar surface area (TPSA) is 95.7 Å². The van der Waals surface area contributed by atoms with E-state index in [9.17, 15) is 14.4 Å². The number of hydrogen-bond acceptors (Lipinski definition) is 5.